The van der Waals surface area contributed by atoms with Gasteiger partial charge in [-0.3, -0.25) is 4.79 Å². The van der Waals surface area contributed by atoms with Gasteiger partial charge in [-0.2, -0.15) is 0 Å². The average Bonchev–Trinajstić information content (AvgIpc) is 2.60. The summed E-state index contributed by atoms with van der Waals surface area (Å²) in [7, 11) is 0. The number of unbranched alkanes of at least 4 members (excludes halogenated alkanes) is 11. The van der Waals surface area contributed by atoms with E-state index in [1.165, 1.54) is 57.8 Å². The van der Waals surface area contributed by atoms with E-state index in [2.05, 4.69) is 13.8 Å². The maximum absolute atomic E-state index is 11.4. The molecule has 3 heteroatoms. The van der Waals surface area contributed by atoms with Crippen molar-refractivity contribution in [2.45, 2.75) is 129 Å². The molecule has 0 heterocycles. The van der Waals surface area contributed by atoms with Gasteiger partial charge in [-0.15, -0.1) is 0 Å². The fourth-order valence-corrected chi connectivity index (χ4v) is 3.06. The van der Waals surface area contributed by atoms with Gasteiger partial charge in [-0.25, -0.2) is 0 Å². The molecule has 0 saturated carbocycles. The van der Waals surface area contributed by atoms with E-state index in [0.29, 0.717) is 13.0 Å². The second kappa shape index (κ2) is 19.8. The van der Waals surface area contributed by atoms with Crippen molar-refractivity contribution in [2.24, 2.45) is 0 Å². The highest BCUT2D eigenvalue weighted by atomic mass is 16.5. The zero-order chi connectivity index (χ0) is 18.6. The molecular weight excluding hydrogens is 312 g/mol. The van der Waals surface area contributed by atoms with Gasteiger partial charge in [0.25, 0.3) is 0 Å². The molecule has 0 aliphatic heterocycles. The molecule has 0 aromatic carbocycles. The Balaban J connectivity index is 3.21. The van der Waals surface area contributed by atoms with Crippen LogP contribution in [0, 0.1) is 0 Å². The molecule has 0 aliphatic carbocycles. The molecule has 0 fully saturated rings. The molecule has 0 rings (SSSR count). The fourth-order valence-electron chi connectivity index (χ4n) is 3.06. The molecule has 0 amide bonds. The van der Waals surface area contributed by atoms with E-state index in [0.717, 1.165) is 44.9 Å². The molecule has 0 unspecified atom stereocenters. The highest BCUT2D eigenvalue weighted by Crippen LogP contribution is 2.14. The van der Waals surface area contributed by atoms with Gasteiger partial charge in [0, 0.05) is 6.42 Å². The molecule has 0 saturated heterocycles. The maximum atomic E-state index is 11.4. The van der Waals surface area contributed by atoms with Crippen molar-refractivity contribution >= 4 is 5.97 Å². The van der Waals surface area contributed by atoms with Gasteiger partial charge in [0.15, 0.2) is 0 Å². The number of esters is 1. The van der Waals surface area contributed by atoms with E-state index in [1.54, 1.807) is 0 Å². The topological polar surface area (TPSA) is 46.5 Å². The summed E-state index contributed by atoms with van der Waals surface area (Å²) in [5, 5.41) is 9.96. The van der Waals surface area contributed by atoms with Crippen molar-refractivity contribution in [1.29, 1.82) is 0 Å². The van der Waals surface area contributed by atoms with Gasteiger partial charge < -0.3 is 9.84 Å². The number of hydrogen-bond donors (Lipinski definition) is 1. The molecule has 3 nitrogen and oxygen atoms in total. The molecule has 25 heavy (non-hydrogen) atoms. The minimum Gasteiger partial charge on any atom is -0.466 e. The molecule has 150 valence electrons. The Morgan fingerprint density at radius 3 is 1.76 bits per heavy atom. The minimum atomic E-state index is -0.0830. The van der Waals surface area contributed by atoms with E-state index in [9.17, 15) is 9.90 Å². The lowest BCUT2D eigenvalue weighted by molar-refractivity contribution is -0.143. The lowest BCUT2D eigenvalue weighted by Crippen LogP contribution is -2.06. The Morgan fingerprint density at radius 1 is 0.720 bits per heavy atom. The SMILES string of the molecule is CCCCCCC[C@H](O)CCCCCCCCCC(=O)OCCCC. The van der Waals surface area contributed by atoms with Crippen LogP contribution in [-0.4, -0.2) is 23.8 Å². The lowest BCUT2D eigenvalue weighted by atomic mass is 10.0. The summed E-state index contributed by atoms with van der Waals surface area (Å²) in [4.78, 5) is 11.4. The predicted molar refractivity (Wildman–Crippen MR) is 107 cm³/mol. The Morgan fingerprint density at radius 2 is 1.20 bits per heavy atom. The number of ether oxygens (including phenoxy) is 1. The molecule has 1 atom stereocenters. The Hall–Kier alpha value is -0.570. The maximum Gasteiger partial charge on any atom is 0.305 e. The van der Waals surface area contributed by atoms with Crippen molar-refractivity contribution < 1.29 is 14.6 Å². The van der Waals surface area contributed by atoms with Crippen molar-refractivity contribution in [2.75, 3.05) is 6.61 Å². The van der Waals surface area contributed by atoms with E-state index in [-0.39, 0.29) is 12.1 Å². The first kappa shape index (κ1) is 24.4. The number of rotatable bonds is 19. The number of aliphatic hydroxyl groups excluding tert-OH is 1. The second-order valence-electron chi connectivity index (χ2n) is 7.44. The van der Waals surface area contributed by atoms with E-state index in [4.69, 9.17) is 4.74 Å². The minimum absolute atomic E-state index is 0.0304. The number of hydrogen-bond acceptors (Lipinski definition) is 3. The van der Waals surface area contributed by atoms with E-state index >= 15 is 0 Å². The first-order valence-electron chi connectivity index (χ1n) is 11.0. The average molecular weight is 357 g/mol. The van der Waals surface area contributed by atoms with Crippen molar-refractivity contribution in [1.82, 2.24) is 0 Å². The molecule has 0 aromatic heterocycles. The van der Waals surface area contributed by atoms with Crippen LogP contribution in [0.5, 0.6) is 0 Å². The molecule has 0 aliphatic rings. The van der Waals surface area contributed by atoms with Crippen LogP contribution in [0.1, 0.15) is 123 Å². The smallest absolute Gasteiger partial charge is 0.305 e. The number of carbonyl (C=O) groups excluding carboxylic acids is 1. The van der Waals surface area contributed by atoms with Crippen LogP contribution >= 0.6 is 0 Å². The third-order valence-corrected chi connectivity index (χ3v) is 4.82. The molecule has 0 aromatic rings. The van der Waals surface area contributed by atoms with Gasteiger partial charge in [-0.1, -0.05) is 90.9 Å². The van der Waals surface area contributed by atoms with Crippen molar-refractivity contribution in [3.63, 3.8) is 0 Å². The standard InChI is InChI=1S/C22H44O3/c1-3-5-7-11-14-17-21(23)18-15-12-9-8-10-13-16-19-22(24)25-20-6-4-2/h21,23H,3-20H2,1-2H3/t21-/m0/s1. The Kier molecular flexibility index (Phi) is 19.3. The quantitative estimate of drug-likeness (QED) is 0.210. The summed E-state index contributed by atoms with van der Waals surface area (Å²) in [6.45, 7) is 4.92. The summed E-state index contributed by atoms with van der Waals surface area (Å²) < 4.78 is 5.15. The fraction of sp³-hybridized carbons (Fsp3) is 0.955. The van der Waals surface area contributed by atoms with Gasteiger partial charge >= 0.3 is 5.97 Å². The molecule has 1 N–H and O–H groups in total. The van der Waals surface area contributed by atoms with Crippen LogP contribution < -0.4 is 0 Å². The predicted octanol–water partition coefficient (Wildman–Crippen LogP) is 6.56. The summed E-state index contributed by atoms with van der Waals surface area (Å²) in [5.74, 6) is -0.0304. The van der Waals surface area contributed by atoms with Crippen LogP contribution in [0.3, 0.4) is 0 Å². The summed E-state index contributed by atoms with van der Waals surface area (Å²) in [6.07, 6.45) is 19.1. The molecule has 0 radical (unpaired) electrons. The van der Waals surface area contributed by atoms with Crippen LogP contribution in [0.25, 0.3) is 0 Å². The lowest BCUT2D eigenvalue weighted by Gasteiger charge is -2.10. The van der Waals surface area contributed by atoms with Crippen LogP contribution in [0.4, 0.5) is 0 Å². The van der Waals surface area contributed by atoms with Gasteiger partial charge in [0.2, 0.25) is 0 Å². The largest absolute Gasteiger partial charge is 0.466 e. The van der Waals surface area contributed by atoms with Crippen molar-refractivity contribution in [3.8, 4) is 0 Å². The van der Waals surface area contributed by atoms with Crippen LogP contribution in [0.2, 0.25) is 0 Å². The molecule has 0 bridgehead atoms. The summed E-state index contributed by atoms with van der Waals surface area (Å²) >= 11 is 0. The van der Waals surface area contributed by atoms with Crippen molar-refractivity contribution in [3.05, 3.63) is 0 Å². The Bertz CT molecular complexity index is 278. The zero-order valence-electron chi connectivity index (χ0n) is 17.1. The van der Waals surface area contributed by atoms with E-state index in [1.807, 2.05) is 0 Å². The molecule has 0 spiro atoms. The summed E-state index contributed by atoms with van der Waals surface area (Å²) in [5.41, 5.74) is 0. The normalized spacial score (nSPS) is 12.3. The van der Waals surface area contributed by atoms with E-state index < -0.39 is 0 Å². The van der Waals surface area contributed by atoms with Crippen LogP contribution in [0.15, 0.2) is 0 Å². The monoisotopic (exact) mass is 356 g/mol. The zero-order valence-corrected chi connectivity index (χ0v) is 17.1. The van der Waals surface area contributed by atoms with Gasteiger partial charge in [-0.05, 0) is 25.7 Å². The number of aliphatic hydroxyl groups is 1. The Labute approximate surface area is 156 Å². The molecular formula is C22H44O3. The number of carbonyl (C=O) groups is 1. The van der Waals surface area contributed by atoms with Gasteiger partial charge in [0.1, 0.15) is 0 Å². The third-order valence-electron chi connectivity index (χ3n) is 4.82. The first-order chi connectivity index (χ1) is 12.2. The summed E-state index contributed by atoms with van der Waals surface area (Å²) in [6, 6.07) is 0. The van der Waals surface area contributed by atoms with Crippen LogP contribution in [-0.2, 0) is 9.53 Å². The van der Waals surface area contributed by atoms with Gasteiger partial charge in [0.05, 0.1) is 12.7 Å². The highest BCUT2D eigenvalue weighted by Gasteiger charge is 2.04. The highest BCUT2D eigenvalue weighted by molar-refractivity contribution is 5.69. The third kappa shape index (κ3) is 19.6. The first-order valence-corrected chi connectivity index (χ1v) is 11.0. The second-order valence-corrected chi connectivity index (χ2v) is 7.44.